The van der Waals surface area contributed by atoms with Gasteiger partial charge < -0.3 is 9.84 Å². The number of benzene rings is 1. The Morgan fingerprint density at radius 3 is 2.44 bits per heavy atom. The number of aromatic nitrogens is 2. The van der Waals surface area contributed by atoms with Crippen LogP contribution in [-0.4, -0.2) is 15.1 Å². The van der Waals surface area contributed by atoms with E-state index in [2.05, 4.69) is 32.6 Å². The van der Waals surface area contributed by atoms with Crippen LogP contribution in [0.2, 0.25) is 0 Å². The van der Waals surface area contributed by atoms with E-state index in [4.69, 9.17) is 9.84 Å². The van der Waals surface area contributed by atoms with Crippen molar-refractivity contribution >= 4 is 22.6 Å². The van der Waals surface area contributed by atoms with E-state index >= 15 is 0 Å². The lowest BCUT2D eigenvalue weighted by atomic mass is 10.3. The predicted octanol–water partition coefficient (Wildman–Crippen LogP) is 2.37. The minimum absolute atomic E-state index is 0.114. The number of hydrogen-bond acceptors (Lipinski definition) is 4. The third-order valence-electron chi connectivity index (χ3n) is 1.88. The summed E-state index contributed by atoms with van der Waals surface area (Å²) in [5.74, 6) is 1.13. The van der Waals surface area contributed by atoms with Crippen LogP contribution in [-0.2, 0) is 6.61 Å². The van der Waals surface area contributed by atoms with Crippen LogP contribution in [0.4, 0.5) is 0 Å². The summed E-state index contributed by atoms with van der Waals surface area (Å²) >= 11 is 2.23. The number of aliphatic hydroxyl groups excluding tert-OH is 1. The van der Waals surface area contributed by atoms with Gasteiger partial charge in [0.2, 0.25) is 5.88 Å². The second-order valence-electron chi connectivity index (χ2n) is 3.06. The van der Waals surface area contributed by atoms with Crippen LogP contribution in [0, 0.1) is 3.57 Å². The van der Waals surface area contributed by atoms with Crippen LogP contribution in [0.15, 0.2) is 36.7 Å². The summed E-state index contributed by atoms with van der Waals surface area (Å²) in [5, 5.41) is 8.80. The van der Waals surface area contributed by atoms with Crippen molar-refractivity contribution in [1.82, 2.24) is 9.97 Å². The quantitative estimate of drug-likeness (QED) is 0.879. The van der Waals surface area contributed by atoms with Gasteiger partial charge >= 0.3 is 0 Å². The molecule has 0 saturated heterocycles. The van der Waals surface area contributed by atoms with E-state index in [1.807, 2.05) is 24.3 Å². The Balaban J connectivity index is 2.11. The standard InChI is InChI=1S/C11H9IN2O2/c12-8-1-3-10(4-2-8)16-11-6-13-9(7-15)5-14-11/h1-6,15H,7H2. The summed E-state index contributed by atoms with van der Waals surface area (Å²) < 4.78 is 6.62. The Morgan fingerprint density at radius 2 is 1.88 bits per heavy atom. The molecule has 0 aliphatic carbocycles. The fraction of sp³-hybridized carbons (Fsp3) is 0.0909. The van der Waals surface area contributed by atoms with Crippen molar-refractivity contribution in [3.8, 4) is 11.6 Å². The molecule has 1 aromatic carbocycles. The topological polar surface area (TPSA) is 55.2 Å². The van der Waals surface area contributed by atoms with Gasteiger partial charge in [0.25, 0.3) is 0 Å². The van der Waals surface area contributed by atoms with Crippen molar-refractivity contribution < 1.29 is 9.84 Å². The summed E-state index contributed by atoms with van der Waals surface area (Å²) in [6.45, 7) is -0.114. The fourth-order valence-electron chi connectivity index (χ4n) is 1.10. The monoisotopic (exact) mass is 328 g/mol. The van der Waals surface area contributed by atoms with Crippen molar-refractivity contribution in [3.05, 3.63) is 45.9 Å². The van der Waals surface area contributed by atoms with Gasteiger partial charge in [0, 0.05) is 3.57 Å². The van der Waals surface area contributed by atoms with Gasteiger partial charge in [-0.1, -0.05) is 0 Å². The maximum Gasteiger partial charge on any atom is 0.237 e. The van der Waals surface area contributed by atoms with Gasteiger partial charge in [-0.05, 0) is 46.9 Å². The molecule has 0 saturated carbocycles. The minimum atomic E-state index is -0.114. The number of nitrogens with zero attached hydrogens (tertiary/aromatic N) is 2. The first kappa shape index (κ1) is 11.3. The summed E-state index contributed by atoms with van der Waals surface area (Å²) in [7, 11) is 0. The normalized spacial score (nSPS) is 10.1. The Labute approximate surface area is 106 Å². The molecule has 2 rings (SSSR count). The Bertz CT molecular complexity index is 456. The Hall–Kier alpha value is -1.21. The highest BCUT2D eigenvalue weighted by molar-refractivity contribution is 14.1. The van der Waals surface area contributed by atoms with E-state index in [-0.39, 0.29) is 6.61 Å². The lowest BCUT2D eigenvalue weighted by Crippen LogP contribution is -1.93. The van der Waals surface area contributed by atoms with Gasteiger partial charge in [-0.2, -0.15) is 0 Å². The number of halogens is 1. The first-order valence-electron chi connectivity index (χ1n) is 4.63. The highest BCUT2D eigenvalue weighted by Crippen LogP contribution is 2.19. The third-order valence-corrected chi connectivity index (χ3v) is 2.60. The van der Waals surface area contributed by atoms with Crippen LogP contribution in [0.1, 0.15) is 5.69 Å². The molecule has 0 aliphatic heterocycles. The van der Waals surface area contributed by atoms with Crippen LogP contribution in [0.5, 0.6) is 11.6 Å². The summed E-state index contributed by atoms with van der Waals surface area (Å²) in [6.07, 6.45) is 2.98. The zero-order chi connectivity index (χ0) is 11.4. The maximum atomic E-state index is 8.80. The molecule has 1 aromatic heterocycles. The average molecular weight is 328 g/mol. The summed E-state index contributed by atoms with van der Waals surface area (Å²) in [5.41, 5.74) is 0.523. The molecule has 16 heavy (non-hydrogen) atoms. The van der Waals surface area contributed by atoms with Gasteiger partial charge in [0.15, 0.2) is 0 Å². The van der Waals surface area contributed by atoms with Crippen molar-refractivity contribution in [2.45, 2.75) is 6.61 Å². The molecule has 0 atom stereocenters. The van der Waals surface area contributed by atoms with E-state index in [0.29, 0.717) is 17.3 Å². The highest BCUT2D eigenvalue weighted by atomic mass is 127. The molecule has 0 fully saturated rings. The number of aliphatic hydroxyl groups is 1. The molecular weight excluding hydrogens is 319 g/mol. The molecule has 4 nitrogen and oxygen atoms in total. The average Bonchev–Trinajstić information content (AvgIpc) is 2.33. The largest absolute Gasteiger partial charge is 0.438 e. The van der Waals surface area contributed by atoms with Crippen LogP contribution < -0.4 is 4.74 Å². The van der Waals surface area contributed by atoms with Gasteiger partial charge in [0.05, 0.1) is 24.7 Å². The van der Waals surface area contributed by atoms with Crippen molar-refractivity contribution in [2.75, 3.05) is 0 Å². The molecule has 0 radical (unpaired) electrons. The zero-order valence-corrected chi connectivity index (χ0v) is 10.5. The lowest BCUT2D eigenvalue weighted by molar-refractivity contribution is 0.276. The van der Waals surface area contributed by atoms with Gasteiger partial charge in [-0.25, -0.2) is 4.98 Å². The Kier molecular flexibility index (Phi) is 3.68. The second-order valence-corrected chi connectivity index (χ2v) is 4.31. The molecule has 0 unspecified atom stereocenters. The Morgan fingerprint density at radius 1 is 1.12 bits per heavy atom. The molecule has 1 N–H and O–H groups in total. The summed E-state index contributed by atoms with van der Waals surface area (Å²) in [4.78, 5) is 7.99. The number of hydrogen-bond donors (Lipinski definition) is 1. The first-order valence-corrected chi connectivity index (χ1v) is 5.71. The zero-order valence-electron chi connectivity index (χ0n) is 8.30. The molecule has 2 aromatic rings. The molecule has 1 heterocycles. The number of ether oxygens (including phenoxy) is 1. The number of rotatable bonds is 3. The van der Waals surface area contributed by atoms with Crippen molar-refractivity contribution in [3.63, 3.8) is 0 Å². The minimum Gasteiger partial charge on any atom is -0.438 e. The van der Waals surface area contributed by atoms with E-state index in [0.717, 1.165) is 3.57 Å². The van der Waals surface area contributed by atoms with Gasteiger partial charge in [-0.15, -0.1) is 0 Å². The van der Waals surface area contributed by atoms with E-state index in [1.54, 1.807) is 0 Å². The van der Waals surface area contributed by atoms with E-state index < -0.39 is 0 Å². The fourth-order valence-corrected chi connectivity index (χ4v) is 1.46. The molecule has 5 heteroatoms. The van der Waals surface area contributed by atoms with Crippen LogP contribution in [0.3, 0.4) is 0 Å². The molecular formula is C11H9IN2O2. The lowest BCUT2D eigenvalue weighted by Gasteiger charge is -2.04. The van der Waals surface area contributed by atoms with Crippen molar-refractivity contribution in [2.24, 2.45) is 0 Å². The summed E-state index contributed by atoms with van der Waals surface area (Å²) in [6, 6.07) is 7.63. The van der Waals surface area contributed by atoms with E-state index in [1.165, 1.54) is 12.4 Å². The highest BCUT2D eigenvalue weighted by Gasteiger charge is 1.99. The SMILES string of the molecule is OCc1cnc(Oc2ccc(I)cc2)cn1. The molecule has 0 aliphatic rings. The molecule has 0 spiro atoms. The maximum absolute atomic E-state index is 8.80. The van der Waals surface area contributed by atoms with Crippen molar-refractivity contribution in [1.29, 1.82) is 0 Å². The molecule has 0 bridgehead atoms. The first-order chi connectivity index (χ1) is 7.78. The van der Waals surface area contributed by atoms with Crippen LogP contribution >= 0.6 is 22.6 Å². The van der Waals surface area contributed by atoms with E-state index in [9.17, 15) is 0 Å². The second kappa shape index (κ2) is 5.22. The third kappa shape index (κ3) is 2.89. The molecule has 0 amide bonds. The van der Waals surface area contributed by atoms with Gasteiger partial charge in [-0.3, -0.25) is 4.98 Å². The molecule has 82 valence electrons. The van der Waals surface area contributed by atoms with Gasteiger partial charge in [0.1, 0.15) is 5.75 Å². The predicted molar refractivity (Wildman–Crippen MR) is 67.2 cm³/mol. The van der Waals surface area contributed by atoms with Crippen LogP contribution in [0.25, 0.3) is 0 Å². The smallest absolute Gasteiger partial charge is 0.237 e.